The molecule has 2 aromatic rings. The predicted octanol–water partition coefficient (Wildman–Crippen LogP) is 5.60. The average molecular weight is 343 g/mol. The predicted molar refractivity (Wildman–Crippen MR) is 86.3 cm³/mol. The Hall–Kier alpha value is -1.36. The Morgan fingerprint density at radius 3 is 2.62 bits per heavy atom. The highest BCUT2D eigenvalue weighted by Gasteiger charge is 2.18. The van der Waals surface area contributed by atoms with Crippen LogP contribution in [0.5, 0.6) is 11.5 Å². The number of benzene rings is 2. The van der Waals surface area contributed by atoms with Crippen molar-refractivity contribution in [1.82, 2.24) is 0 Å². The van der Waals surface area contributed by atoms with Gasteiger partial charge in [0, 0.05) is 9.92 Å². The Morgan fingerprint density at radius 1 is 1.24 bits per heavy atom. The standard InChI is InChI=1S/C15H12Cl2O3S/c1-2-21-13-5-3-4-12(14(13)15(18)19)20-11-7-6-9(16)8-10(11)17/h3-8H,2H2,1H3,(H,18,19). The van der Waals surface area contributed by atoms with E-state index in [1.54, 1.807) is 36.4 Å². The molecule has 0 amide bonds. The number of rotatable bonds is 5. The summed E-state index contributed by atoms with van der Waals surface area (Å²) >= 11 is 13.3. The lowest BCUT2D eigenvalue weighted by Gasteiger charge is -2.13. The second-order valence-corrected chi connectivity index (χ2v) is 6.19. The molecule has 0 atom stereocenters. The first-order valence-electron chi connectivity index (χ1n) is 6.15. The third-order valence-electron chi connectivity index (χ3n) is 2.62. The fraction of sp³-hybridized carbons (Fsp3) is 0.133. The zero-order valence-corrected chi connectivity index (χ0v) is 13.4. The van der Waals surface area contributed by atoms with Gasteiger partial charge in [-0.3, -0.25) is 0 Å². The van der Waals surface area contributed by atoms with Crippen molar-refractivity contribution in [3.8, 4) is 11.5 Å². The van der Waals surface area contributed by atoms with Gasteiger partial charge in [-0.2, -0.15) is 0 Å². The van der Waals surface area contributed by atoms with Gasteiger partial charge in [-0.05, 0) is 36.1 Å². The number of ether oxygens (including phenoxy) is 1. The van der Waals surface area contributed by atoms with Crippen LogP contribution >= 0.6 is 35.0 Å². The topological polar surface area (TPSA) is 46.5 Å². The van der Waals surface area contributed by atoms with Crippen molar-refractivity contribution in [2.45, 2.75) is 11.8 Å². The zero-order valence-electron chi connectivity index (χ0n) is 11.1. The lowest BCUT2D eigenvalue weighted by molar-refractivity contribution is 0.0690. The van der Waals surface area contributed by atoms with Gasteiger partial charge >= 0.3 is 5.97 Å². The van der Waals surface area contributed by atoms with Gasteiger partial charge in [-0.1, -0.05) is 36.2 Å². The summed E-state index contributed by atoms with van der Waals surface area (Å²) < 4.78 is 5.66. The van der Waals surface area contributed by atoms with Gasteiger partial charge in [0.2, 0.25) is 0 Å². The summed E-state index contributed by atoms with van der Waals surface area (Å²) in [5.74, 6) is 0.352. The quantitative estimate of drug-likeness (QED) is 0.718. The van der Waals surface area contributed by atoms with E-state index in [-0.39, 0.29) is 11.3 Å². The van der Waals surface area contributed by atoms with E-state index in [9.17, 15) is 9.90 Å². The van der Waals surface area contributed by atoms with Gasteiger partial charge < -0.3 is 9.84 Å². The first-order valence-corrected chi connectivity index (χ1v) is 7.89. The Bertz CT molecular complexity index is 674. The molecule has 0 aliphatic carbocycles. The van der Waals surface area contributed by atoms with E-state index < -0.39 is 5.97 Å². The SMILES string of the molecule is CCSc1cccc(Oc2ccc(Cl)cc2Cl)c1C(=O)O. The number of carboxylic acids is 1. The molecule has 0 bridgehead atoms. The van der Waals surface area contributed by atoms with Crippen LogP contribution in [0.1, 0.15) is 17.3 Å². The first kappa shape index (κ1) is 16.0. The van der Waals surface area contributed by atoms with Gasteiger partial charge in [0.15, 0.2) is 0 Å². The van der Waals surface area contributed by atoms with Crippen molar-refractivity contribution in [1.29, 1.82) is 0 Å². The fourth-order valence-electron chi connectivity index (χ4n) is 1.76. The molecule has 0 aromatic heterocycles. The van der Waals surface area contributed by atoms with E-state index >= 15 is 0 Å². The van der Waals surface area contributed by atoms with E-state index in [2.05, 4.69) is 0 Å². The van der Waals surface area contributed by atoms with Gasteiger partial charge in [-0.25, -0.2) is 4.79 Å². The van der Waals surface area contributed by atoms with Crippen molar-refractivity contribution in [3.05, 3.63) is 52.0 Å². The summed E-state index contributed by atoms with van der Waals surface area (Å²) in [6.07, 6.45) is 0. The van der Waals surface area contributed by atoms with Crippen molar-refractivity contribution >= 4 is 40.9 Å². The van der Waals surface area contributed by atoms with Crippen LogP contribution in [0.2, 0.25) is 10.0 Å². The van der Waals surface area contributed by atoms with Gasteiger partial charge in [0.1, 0.15) is 17.1 Å². The number of carboxylic acid groups (broad SMARTS) is 1. The summed E-state index contributed by atoms with van der Waals surface area (Å²) in [5, 5.41) is 10.2. The summed E-state index contributed by atoms with van der Waals surface area (Å²) in [4.78, 5) is 12.2. The Kier molecular flexibility index (Phi) is 5.39. The fourth-order valence-corrected chi connectivity index (χ4v) is 3.02. The molecule has 3 nitrogen and oxygen atoms in total. The van der Waals surface area contributed by atoms with Crippen LogP contribution < -0.4 is 4.74 Å². The minimum atomic E-state index is -1.04. The highest BCUT2D eigenvalue weighted by atomic mass is 35.5. The van der Waals surface area contributed by atoms with Crippen LogP contribution in [0.25, 0.3) is 0 Å². The lowest BCUT2D eigenvalue weighted by atomic mass is 10.2. The van der Waals surface area contributed by atoms with Crippen LogP contribution in [0.3, 0.4) is 0 Å². The Labute approximate surface area is 136 Å². The number of halogens is 2. The molecule has 0 fully saturated rings. The van der Waals surface area contributed by atoms with Crippen molar-refractivity contribution < 1.29 is 14.6 Å². The van der Waals surface area contributed by atoms with E-state index in [1.807, 2.05) is 6.92 Å². The number of thioether (sulfide) groups is 1. The molecule has 0 saturated carbocycles. The highest BCUT2D eigenvalue weighted by Crippen LogP contribution is 2.36. The molecule has 21 heavy (non-hydrogen) atoms. The largest absolute Gasteiger partial charge is 0.478 e. The lowest BCUT2D eigenvalue weighted by Crippen LogP contribution is -2.02. The number of aromatic carboxylic acids is 1. The molecule has 0 aliphatic rings. The highest BCUT2D eigenvalue weighted by molar-refractivity contribution is 7.99. The van der Waals surface area contributed by atoms with Gasteiger partial charge in [0.25, 0.3) is 0 Å². The summed E-state index contributed by atoms with van der Waals surface area (Å²) in [7, 11) is 0. The normalized spacial score (nSPS) is 10.4. The maximum Gasteiger partial charge on any atom is 0.340 e. The minimum absolute atomic E-state index is 0.135. The molecule has 0 aliphatic heterocycles. The Balaban J connectivity index is 2.43. The molecule has 1 N–H and O–H groups in total. The molecule has 2 rings (SSSR count). The third-order valence-corrected chi connectivity index (χ3v) is 4.09. The molecular weight excluding hydrogens is 331 g/mol. The Morgan fingerprint density at radius 2 is 2.00 bits per heavy atom. The molecule has 0 saturated heterocycles. The summed E-state index contributed by atoms with van der Waals surface area (Å²) in [6, 6.07) is 9.90. The number of hydrogen-bond donors (Lipinski definition) is 1. The van der Waals surface area contributed by atoms with Crippen LogP contribution in [-0.4, -0.2) is 16.8 Å². The van der Waals surface area contributed by atoms with Crippen molar-refractivity contribution in [2.75, 3.05) is 5.75 Å². The zero-order chi connectivity index (χ0) is 15.4. The van der Waals surface area contributed by atoms with Crippen molar-refractivity contribution in [2.24, 2.45) is 0 Å². The minimum Gasteiger partial charge on any atom is -0.478 e. The molecular formula is C15H12Cl2O3S. The first-order chi connectivity index (χ1) is 10.0. The van der Waals surface area contributed by atoms with Crippen LogP contribution in [0.4, 0.5) is 0 Å². The smallest absolute Gasteiger partial charge is 0.340 e. The van der Waals surface area contributed by atoms with E-state index in [1.165, 1.54) is 11.8 Å². The van der Waals surface area contributed by atoms with Gasteiger partial charge in [0.05, 0.1) is 5.02 Å². The average Bonchev–Trinajstić information content (AvgIpc) is 2.42. The van der Waals surface area contributed by atoms with E-state index in [4.69, 9.17) is 27.9 Å². The third kappa shape index (κ3) is 3.84. The second-order valence-electron chi connectivity index (χ2n) is 4.04. The van der Waals surface area contributed by atoms with Gasteiger partial charge in [-0.15, -0.1) is 11.8 Å². The maximum atomic E-state index is 11.5. The summed E-state index contributed by atoms with van der Waals surface area (Å²) in [5.41, 5.74) is 0.135. The molecule has 0 radical (unpaired) electrons. The number of hydrogen-bond acceptors (Lipinski definition) is 3. The molecule has 0 heterocycles. The monoisotopic (exact) mass is 342 g/mol. The molecule has 6 heteroatoms. The van der Waals surface area contributed by atoms with Crippen molar-refractivity contribution in [3.63, 3.8) is 0 Å². The van der Waals surface area contributed by atoms with E-state index in [0.717, 1.165) is 5.75 Å². The molecule has 2 aromatic carbocycles. The number of carbonyl (C=O) groups is 1. The van der Waals surface area contributed by atoms with Crippen LogP contribution in [-0.2, 0) is 0 Å². The molecule has 0 unspecified atom stereocenters. The maximum absolute atomic E-state index is 11.5. The summed E-state index contributed by atoms with van der Waals surface area (Å²) in [6.45, 7) is 1.96. The molecule has 0 spiro atoms. The van der Waals surface area contributed by atoms with Crippen LogP contribution in [0.15, 0.2) is 41.3 Å². The second kappa shape index (κ2) is 7.07. The molecule has 110 valence electrons. The van der Waals surface area contributed by atoms with Crippen LogP contribution in [0, 0.1) is 0 Å². The van der Waals surface area contributed by atoms with E-state index in [0.29, 0.717) is 20.7 Å².